The maximum Gasteiger partial charge on any atom is 0.410 e. The molecule has 8 nitrogen and oxygen atoms in total. The molecule has 0 saturated carbocycles. The second kappa shape index (κ2) is 6.20. The van der Waals surface area contributed by atoms with Crippen LogP contribution in [0.2, 0.25) is 0 Å². The first kappa shape index (κ1) is 19.2. The smallest absolute Gasteiger partial charge is 0.410 e. The lowest BCUT2D eigenvalue weighted by atomic mass is 9.75. The zero-order valence-corrected chi connectivity index (χ0v) is 16.8. The molecule has 1 N–H and O–H groups in total. The van der Waals surface area contributed by atoms with Crippen molar-refractivity contribution in [2.75, 3.05) is 13.1 Å². The van der Waals surface area contributed by atoms with E-state index in [2.05, 4.69) is 0 Å². The Morgan fingerprint density at radius 1 is 1.29 bits per heavy atom. The summed E-state index contributed by atoms with van der Waals surface area (Å²) in [6, 6.07) is -0.264. The number of nitrogens with zero attached hydrogens (tertiary/aromatic N) is 2. The third-order valence-electron chi connectivity index (χ3n) is 6.47. The highest BCUT2D eigenvalue weighted by Gasteiger charge is 2.70. The number of hydrogen-bond acceptors (Lipinski definition) is 5. The van der Waals surface area contributed by atoms with E-state index in [1.165, 1.54) is 0 Å². The number of hydrogen-bond donors (Lipinski definition) is 1. The molecular weight excluding hydrogens is 364 g/mol. The minimum absolute atomic E-state index is 0.0355. The maximum atomic E-state index is 13.2. The van der Waals surface area contributed by atoms with Crippen LogP contribution in [0.15, 0.2) is 12.2 Å². The van der Waals surface area contributed by atoms with Crippen LogP contribution in [0.1, 0.15) is 40.5 Å². The quantitative estimate of drug-likeness (QED) is 0.718. The van der Waals surface area contributed by atoms with Gasteiger partial charge in [-0.2, -0.15) is 0 Å². The maximum absolute atomic E-state index is 13.2. The predicted molar refractivity (Wildman–Crippen MR) is 98.5 cm³/mol. The fourth-order valence-electron chi connectivity index (χ4n) is 5.25. The molecule has 2 bridgehead atoms. The van der Waals surface area contributed by atoms with E-state index in [0.717, 1.165) is 0 Å². The van der Waals surface area contributed by atoms with Gasteiger partial charge >= 0.3 is 12.1 Å². The van der Waals surface area contributed by atoms with E-state index in [-0.39, 0.29) is 24.1 Å². The number of piperidine rings is 1. The number of carboxylic acids is 1. The molecule has 0 aromatic carbocycles. The molecule has 3 saturated heterocycles. The zero-order valence-electron chi connectivity index (χ0n) is 16.8. The standard InChI is InChI=1S/C20H28N2O6/c1-11-20-8-5-13(27-20)14(17(24)25)15(20)16(23)22(11)12-6-9-21(10-7-12)18(26)28-19(2,3)4/h5,8,11-15H,6-7,9-10H2,1-4H3,(H,24,25). The molecule has 4 rings (SSSR count). The van der Waals surface area contributed by atoms with Crippen molar-refractivity contribution < 1.29 is 29.0 Å². The van der Waals surface area contributed by atoms with Gasteiger partial charge in [-0.15, -0.1) is 0 Å². The van der Waals surface area contributed by atoms with Gasteiger partial charge in [0.05, 0.1) is 18.1 Å². The van der Waals surface area contributed by atoms with Gasteiger partial charge in [0.2, 0.25) is 5.91 Å². The number of rotatable bonds is 2. The van der Waals surface area contributed by atoms with Crippen molar-refractivity contribution in [3.8, 4) is 0 Å². The largest absolute Gasteiger partial charge is 0.481 e. The number of carbonyl (C=O) groups is 3. The van der Waals surface area contributed by atoms with Crippen molar-refractivity contribution in [3.63, 3.8) is 0 Å². The summed E-state index contributed by atoms with van der Waals surface area (Å²) < 4.78 is 11.5. The van der Waals surface area contributed by atoms with Crippen LogP contribution in [0.25, 0.3) is 0 Å². The van der Waals surface area contributed by atoms with Crippen LogP contribution in [0.4, 0.5) is 4.79 Å². The number of likely N-dealkylation sites (tertiary alicyclic amines) is 2. The third-order valence-corrected chi connectivity index (χ3v) is 6.47. The van der Waals surface area contributed by atoms with E-state index in [0.29, 0.717) is 25.9 Å². The van der Waals surface area contributed by atoms with Gasteiger partial charge in [0.1, 0.15) is 17.1 Å². The average molecular weight is 392 g/mol. The van der Waals surface area contributed by atoms with Crippen LogP contribution in [-0.4, -0.2) is 75.4 Å². The normalized spacial score (nSPS) is 37.5. The van der Waals surface area contributed by atoms with Crippen LogP contribution in [0, 0.1) is 11.8 Å². The van der Waals surface area contributed by atoms with Gasteiger partial charge in [0.25, 0.3) is 0 Å². The molecule has 8 heteroatoms. The van der Waals surface area contributed by atoms with Crippen molar-refractivity contribution in [1.82, 2.24) is 9.80 Å². The molecule has 5 atom stereocenters. The van der Waals surface area contributed by atoms with Crippen molar-refractivity contribution in [2.24, 2.45) is 11.8 Å². The van der Waals surface area contributed by atoms with Crippen LogP contribution < -0.4 is 0 Å². The van der Waals surface area contributed by atoms with Gasteiger partial charge < -0.3 is 24.4 Å². The molecule has 0 aromatic heterocycles. The van der Waals surface area contributed by atoms with E-state index < -0.39 is 35.1 Å². The van der Waals surface area contributed by atoms with Crippen LogP contribution in [0.5, 0.6) is 0 Å². The van der Waals surface area contributed by atoms with Crippen LogP contribution >= 0.6 is 0 Å². The Bertz CT molecular complexity index is 735. The Balaban J connectivity index is 1.47. The Morgan fingerprint density at radius 3 is 2.50 bits per heavy atom. The number of carboxylic acid groups (broad SMARTS) is 1. The molecule has 0 aliphatic carbocycles. The molecule has 2 amide bonds. The number of amides is 2. The second-order valence-electron chi connectivity index (χ2n) is 9.26. The first-order valence-corrected chi connectivity index (χ1v) is 9.95. The van der Waals surface area contributed by atoms with Gasteiger partial charge in [0.15, 0.2) is 0 Å². The fraction of sp³-hybridized carbons (Fsp3) is 0.750. The van der Waals surface area contributed by atoms with Gasteiger partial charge in [-0.05, 0) is 40.5 Å². The molecule has 4 aliphatic rings. The monoisotopic (exact) mass is 392 g/mol. The van der Waals surface area contributed by atoms with E-state index in [9.17, 15) is 19.5 Å². The summed E-state index contributed by atoms with van der Waals surface area (Å²) in [6.07, 6.45) is 4.10. The van der Waals surface area contributed by atoms with E-state index in [1.807, 2.05) is 38.7 Å². The van der Waals surface area contributed by atoms with E-state index in [4.69, 9.17) is 9.47 Å². The Hall–Kier alpha value is -2.09. The minimum atomic E-state index is -0.983. The molecular formula is C20H28N2O6. The fourth-order valence-corrected chi connectivity index (χ4v) is 5.25. The SMILES string of the molecule is CC1N(C2CCN(C(=O)OC(C)(C)C)CC2)C(=O)C2C(C(=O)O)C3C=CC21O3. The Labute approximate surface area is 164 Å². The summed E-state index contributed by atoms with van der Waals surface area (Å²) in [6.45, 7) is 8.46. The summed E-state index contributed by atoms with van der Waals surface area (Å²) in [7, 11) is 0. The minimum Gasteiger partial charge on any atom is -0.481 e. The lowest BCUT2D eigenvalue weighted by Crippen LogP contribution is -2.52. The molecule has 4 aliphatic heterocycles. The van der Waals surface area contributed by atoms with Crippen molar-refractivity contribution in [3.05, 3.63) is 12.2 Å². The molecule has 0 aromatic rings. The molecule has 4 heterocycles. The van der Waals surface area contributed by atoms with Crippen LogP contribution in [-0.2, 0) is 19.1 Å². The number of carbonyl (C=O) groups excluding carboxylic acids is 2. The van der Waals surface area contributed by atoms with Gasteiger partial charge in [0, 0.05) is 19.1 Å². The molecule has 154 valence electrons. The zero-order chi connectivity index (χ0) is 20.4. The van der Waals surface area contributed by atoms with Crippen molar-refractivity contribution >= 4 is 18.0 Å². The number of aliphatic carboxylic acids is 1. The van der Waals surface area contributed by atoms with Gasteiger partial charge in [-0.25, -0.2) is 4.79 Å². The summed E-state index contributed by atoms with van der Waals surface area (Å²) in [5.74, 6) is -2.61. The molecule has 1 spiro atoms. The van der Waals surface area contributed by atoms with E-state index in [1.54, 1.807) is 11.0 Å². The highest BCUT2D eigenvalue weighted by atomic mass is 16.6. The molecule has 3 fully saturated rings. The van der Waals surface area contributed by atoms with Crippen molar-refractivity contribution in [1.29, 1.82) is 0 Å². The lowest BCUT2D eigenvalue weighted by molar-refractivity contribution is -0.149. The highest BCUT2D eigenvalue weighted by Crippen LogP contribution is 2.55. The average Bonchev–Trinajstić information content (AvgIpc) is 3.23. The molecule has 5 unspecified atom stereocenters. The number of fused-ring (bicyclic) bond motifs is 1. The van der Waals surface area contributed by atoms with Gasteiger partial charge in [-0.1, -0.05) is 12.2 Å². The van der Waals surface area contributed by atoms with Gasteiger partial charge in [-0.3, -0.25) is 9.59 Å². The summed E-state index contributed by atoms with van der Waals surface area (Å²) in [5, 5.41) is 9.63. The number of ether oxygens (including phenoxy) is 2. The lowest BCUT2D eigenvalue weighted by Gasteiger charge is -2.40. The highest BCUT2D eigenvalue weighted by molar-refractivity contribution is 5.91. The topological polar surface area (TPSA) is 96.4 Å². The van der Waals surface area contributed by atoms with Crippen molar-refractivity contribution in [2.45, 2.75) is 69.9 Å². The van der Waals surface area contributed by atoms with E-state index >= 15 is 0 Å². The predicted octanol–water partition coefficient (Wildman–Crippen LogP) is 1.64. The summed E-state index contributed by atoms with van der Waals surface area (Å²) in [4.78, 5) is 40.8. The summed E-state index contributed by atoms with van der Waals surface area (Å²) >= 11 is 0. The molecule has 28 heavy (non-hydrogen) atoms. The first-order valence-electron chi connectivity index (χ1n) is 9.95. The summed E-state index contributed by atoms with van der Waals surface area (Å²) in [5.41, 5.74) is -1.38. The van der Waals surface area contributed by atoms with Crippen LogP contribution in [0.3, 0.4) is 0 Å². The Morgan fingerprint density at radius 2 is 1.93 bits per heavy atom. The molecule has 0 radical (unpaired) electrons. The first-order chi connectivity index (χ1) is 13.0. The second-order valence-corrected chi connectivity index (χ2v) is 9.26. The Kier molecular flexibility index (Phi) is 4.26. The third kappa shape index (κ3) is 2.72.